The van der Waals surface area contributed by atoms with E-state index in [2.05, 4.69) is 30.9 Å². The molecular formula is C17H15N7O. The number of hydrogen-bond donors (Lipinski definition) is 2. The summed E-state index contributed by atoms with van der Waals surface area (Å²) in [5.41, 5.74) is 1.97. The van der Waals surface area contributed by atoms with Crippen LogP contribution in [0.15, 0.2) is 54.9 Å². The molecule has 0 atom stereocenters. The molecule has 0 unspecified atom stereocenters. The number of H-pyrrole nitrogens is 1. The summed E-state index contributed by atoms with van der Waals surface area (Å²) in [5.74, 6) is 0.906. The lowest BCUT2D eigenvalue weighted by Crippen LogP contribution is -2.04. The molecule has 124 valence electrons. The van der Waals surface area contributed by atoms with Crippen LogP contribution in [0.3, 0.4) is 0 Å². The lowest BCUT2D eigenvalue weighted by Gasteiger charge is -2.11. The molecule has 0 aliphatic carbocycles. The Hall–Kier alpha value is -3.73. The zero-order chi connectivity index (χ0) is 17.3. The summed E-state index contributed by atoms with van der Waals surface area (Å²) in [6.07, 6.45) is 3.99. The molecule has 0 spiro atoms. The minimum atomic E-state index is 0.226. The van der Waals surface area contributed by atoms with Gasteiger partial charge in [0.15, 0.2) is 0 Å². The van der Waals surface area contributed by atoms with Crippen molar-refractivity contribution in [2.45, 2.75) is 6.42 Å². The summed E-state index contributed by atoms with van der Waals surface area (Å²) in [6.45, 7) is 0.495. The van der Waals surface area contributed by atoms with Gasteiger partial charge in [-0.05, 0) is 29.5 Å². The number of para-hydroxylation sites is 2. The van der Waals surface area contributed by atoms with E-state index < -0.39 is 0 Å². The average molecular weight is 333 g/mol. The van der Waals surface area contributed by atoms with Crippen LogP contribution in [0.5, 0.6) is 5.75 Å². The molecule has 0 aliphatic heterocycles. The Balaban J connectivity index is 1.65. The minimum Gasteiger partial charge on any atom is -0.491 e. The molecule has 8 nitrogen and oxygen atoms in total. The van der Waals surface area contributed by atoms with E-state index in [1.54, 1.807) is 6.20 Å². The zero-order valence-corrected chi connectivity index (χ0v) is 13.3. The minimum absolute atomic E-state index is 0.226. The van der Waals surface area contributed by atoms with Crippen LogP contribution in [-0.2, 0) is 6.42 Å². The van der Waals surface area contributed by atoms with E-state index in [4.69, 9.17) is 4.74 Å². The molecule has 3 rings (SSSR count). The predicted molar refractivity (Wildman–Crippen MR) is 91.3 cm³/mol. The second-order valence-electron chi connectivity index (χ2n) is 4.97. The quantitative estimate of drug-likeness (QED) is 0.637. The summed E-state index contributed by atoms with van der Waals surface area (Å²) in [5, 5.41) is 25.6. The second-order valence-corrected chi connectivity index (χ2v) is 4.97. The molecule has 0 saturated carbocycles. The standard InChI is InChI=1S/C17H15N7O/c18-11-13(17-21-23-24-22-17)12-20-15-6-1-2-7-16(15)25-10-8-14-5-3-4-9-19-14/h1-7,9,12,20H,8,10H2,(H,21,22,23,24). The van der Waals surface area contributed by atoms with Crippen molar-refractivity contribution in [3.63, 3.8) is 0 Å². The molecule has 0 amide bonds. The topological polar surface area (TPSA) is 112 Å². The first-order valence-electron chi connectivity index (χ1n) is 7.59. The van der Waals surface area contributed by atoms with Crippen molar-refractivity contribution in [2.75, 3.05) is 11.9 Å². The Bertz CT molecular complexity index is 870. The van der Waals surface area contributed by atoms with Crippen molar-refractivity contribution in [3.8, 4) is 11.8 Å². The van der Waals surface area contributed by atoms with Crippen LogP contribution in [0.1, 0.15) is 11.5 Å². The van der Waals surface area contributed by atoms with Gasteiger partial charge in [0.05, 0.1) is 12.3 Å². The Labute approximate surface area is 144 Å². The van der Waals surface area contributed by atoms with E-state index in [0.29, 0.717) is 18.8 Å². The Morgan fingerprint density at radius 1 is 1.24 bits per heavy atom. The molecular weight excluding hydrogens is 318 g/mol. The van der Waals surface area contributed by atoms with Crippen molar-refractivity contribution in [1.29, 1.82) is 5.26 Å². The number of benzene rings is 1. The van der Waals surface area contributed by atoms with Gasteiger partial charge >= 0.3 is 0 Å². The SMILES string of the molecule is N#CC(=CNc1ccccc1OCCc1ccccn1)c1nn[nH]n1. The van der Waals surface area contributed by atoms with Crippen LogP contribution < -0.4 is 10.1 Å². The third kappa shape index (κ3) is 4.39. The van der Waals surface area contributed by atoms with Crippen LogP contribution in [0.25, 0.3) is 5.57 Å². The molecule has 0 aliphatic rings. The van der Waals surface area contributed by atoms with Crippen LogP contribution in [-0.4, -0.2) is 32.2 Å². The first kappa shape index (κ1) is 16.1. The van der Waals surface area contributed by atoms with Crippen molar-refractivity contribution in [3.05, 3.63) is 66.4 Å². The van der Waals surface area contributed by atoms with Gasteiger partial charge in [-0.2, -0.15) is 10.5 Å². The number of nitrogens with zero attached hydrogens (tertiary/aromatic N) is 5. The highest BCUT2D eigenvalue weighted by Gasteiger charge is 2.07. The smallest absolute Gasteiger partial charge is 0.216 e. The summed E-state index contributed by atoms with van der Waals surface area (Å²) in [7, 11) is 0. The molecule has 2 heterocycles. The van der Waals surface area contributed by atoms with E-state index in [0.717, 1.165) is 11.4 Å². The number of aromatic nitrogens is 5. The molecule has 25 heavy (non-hydrogen) atoms. The first-order chi connectivity index (χ1) is 12.4. The molecule has 0 radical (unpaired) electrons. The van der Waals surface area contributed by atoms with Crippen molar-refractivity contribution in [2.24, 2.45) is 0 Å². The van der Waals surface area contributed by atoms with E-state index in [1.807, 2.05) is 48.5 Å². The van der Waals surface area contributed by atoms with Crippen LogP contribution in [0.4, 0.5) is 5.69 Å². The molecule has 2 N–H and O–H groups in total. The zero-order valence-electron chi connectivity index (χ0n) is 13.3. The number of nitriles is 1. The Kier molecular flexibility index (Phi) is 5.30. The average Bonchev–Trinajstić information content (AvgIpc) is 3.19. The number of rotatable bonds is 7. The number of pyridine rings is 1. The number of aromatic amines is 1. The first-order valence-corrected chi connectivity index (χ1v) is 7.59. The van der Waals surface area contributed by atoms with E-state index in [-0.39, 0.29) is 11.4 Å². The second kappa shape index (κ2) is 8.21. The lowest BCUT2D eigenvalue weighted by atomic mass is 10.2. The maximum Gasteiger partial charge on any atom is 0.216 e. The highest BCUT2D eigenvalue weighted by molar-refractivity contribution is 5.74. The number of allylic oxidation sites excluding steroid dienone is 1. The number of nitrogens with one attached hydrogen (secondary N) is 2. The summed E-state index contributed by atoms with van der Waals surface area (Å²) in [4.78, 5) is 4.27. The van der Waals surface area contributed by atoms with Crippen molar-refractivity contribution >= 4 is 11.3 Å². The molecule has 0 fully saturated rings. The van der Waals surface area contributed by atoms with Crippen LogP contribution in [0.2, 0.25) is 0 Å². The Morgan fingerprint density at radius 2 is 2.12 bits per heavy atom. The molecule has 3 aromatic rings. The van der Waals surface area contributed by atoms with Crippen molar-refractivity contribution in [1.82, 2.24) is 25.6 Å². The van der Waals surface area contributed by atoms with Gasteiger partial charge in [-0.15, -0.1) is 10.2 Å². The predicted octanol–water partition coefficient (Wildman–Crippen LogP) is 2.19. The number of ether oxygens (including phenoxy) is 1. The monoisotopic (exact) mass is 333 g/mol. The maximum absolute atomic E-state index is 9.19. The summed E-state index contributed by atoms with van der Waals surface area (Å²) in [6, 6.07) is 15.3. The number of hydrogen-bond acceptors (Lipinski definition) is 7. The lowest BCUT2D eigenvalue weighted by molar-refractivity contribution is 0.322. The summed E-state index contributed by atoms with van der Waals surface area (Å²) >= 11 is 0. The van der Waals surface area contributed by atoms with Crippen LogP contribution >= 0.6 is 0 Å². The Morgan fingerprint density at radius 3 is 2.88 bits per heavy atom. The molecule has 8 heteroatoms. The van der Waals surface area contributed by atoms with Gasteiger partial charge in [-0.1, -0.05) is 18.2 Å². The normalized spacial score (nSPS) is 10.9. The summed E-state index contributed by atoms with van der Waals surface area (Å²) < 4.78 is 5.83. The third-order valence-electron chi connectivity index (χ3n) is 3.31. The highest BCUT2D eigenvalue weighted by atomic mass is 16.5. The maximum atomic E-state index is 9.19. The molecule has 0 bridgehead atoms. The van der Waals surface area contributed by atoms with E-state index >= 15 is 0 Å². The van der Waals surface area contributed by atoms with Gasteiger partial charge in [-0.25, -0.2) is 0 Å². The van der Waals surface area contributed by atoms with Gasteiger partial charge in [0.1, 0.15) is 17.4 Å². The van der Waals surface area contributed by atoms with Gasteiger partial charge in [-0.3, -0.25) is 4.98 Å². The van der Waals surface area contributed by atoms with Gasteiger partial charge < -0.3 is 10.1 Å². The fourth-order valence-electron chi connectivity index (χ4n) is 2.10. The largest absolute Gasteiger partial charge is 0.491 e. The van der Waals surface area contributed by atoms with Gasteiger partial charge in [0.25, 0.3) is 0 Å². The number of anilines is 1. The van der Waals surface area contributed by atoms with Crippen molar-refractivity contribution < 1.29 is 4.74 Å². The fraction of sp³-hybridized carbons (Fsp3) is 0.118. The van der Waals surface area contributed by atoms with Gasteiger partial charge in [0, 0.05) is 24.5 Å². The fourth-order valence-corrected chi connectivity index (χ4v) is 2.10. The van der Waals surface area contributed by atoms with Gasteiger partial charge in [0.2, 0.25) is 5.82 Å². The molecule has 2 aromatic heterocycles. The van der Waals surface area contributed by atoms with Crippen LogP contribution in [0, 0.1) is 11.3 Å². The molecule has 0 saturated heterocycles. The highest BCUT2D eigenvalue weighted by Crippen LogP contribution is 2.24. The van der Waals surface area contributed by atoms with E-state index in [9.17, 15) is 5.26 Å². The third-order valence-corrected chi connectivity index (χ3v) is 3.31. The number of tetrazole rings is 1. The van der Waals surface area contributed by atoms with E-state index in [1.165, 1.54) is 6.20 Å². The molecule has 1 aromatic carbocycles.